The van der Waals surface area contributed by atoms with Gasteiger partial charge < -0.3 is 14.8 Å². The highest BCUT2D eigenvalue weighted by Crippen LogP contribution is 2.22. The third-order valence-electron chi connectivity index (χ3n) is 3.51. The lowest BCUT2D eigenvalue weighted by atomic mass is 10.1. The summed E-state index contributed by atoms with van der Waals surface area (Å²) in [6, 6.07) is 1.70. The SMILES string of the molecule is Cc1ncc(-c2nccc3c(=O)[nH]c(OCCC(C)(C)O)nc23)[nH]1. The van der Waals surface area contributed by atoms with Crippen LogP contribution in [-0.2, 0) is 0 Å². The zero-order valence-corrected chi connectivity index (χ0v) is 13.8. The first-order valence-electron chi connectivity index (χ1n) is 7.60. The van der Waals surface area contributed by atoms with Crippen molar-refractivity contribution >= 4 is 10.9 Å². The van der Waals surface area contributed by atoms with Crippen molar-refractivity contribution in [1.29, 1.82) is 0 Å². The summed E-state index contributed by atoms with van der Waals surface area (Å²) in [6.45, 7) is 5.45. The van der Waals surface area contributed by atoms with Crippen molar-refractivity contribution < 1.29 is 9.84 Å². The summed E-state index contributed by atoms with van der Waals surface area (Å²) in [5.41, 5.74) is 0.489. The molecule has 0 aliphatic carbocycles. The predicted octanol–water partition coefficient (Wildman–Crippen LogP) is 1.56. The Balaban J connectivity index is 2.00. The second-order valence-corrected chi connectivity index (χ2v) is 6.22. The van der Waals surface area contributed by atoms with Gasteiger partial charge in [0.25, 0.3) is 11.6 Å². The lowest BCUT2D eigenvalue weighted by molar-refractivity contribution is 0.0540. The molecule has 0 radical (unpaired) electrons. The number of hydrogen-bond acceptors (Lipinski definition) is 6. The van der Waals surface area contributed by atoms with Gasteiger partial charge in [-0.3, -0.25) is 14.8 Å². The lowest BCUT2D eigenvalue weighted by Crippen LogP contribution is -2.22. The monoisotopic (exact) mass is 329 g/mol. The molecule has 0 aliphatic rings. The molecule has 3 aromatic rings. The molecule has 3 heterocycles. The van der Waals surface area contributed by atoms with Crippen molar-refractivity contribution in [2.45, 2.75) is 32.8 Å². The topological polar surface area (TPSA) is 117 Å². The third-order valence-corrected chi connectivity index (χ3v) is 3.51. The number of pyridine rings is 1. The number of ether oxygens (including phenoxy) is 1. The van der Waals surface area contributed by atoms with Gasteiger partial charge in [-0.15, -0.1) is 0 Å². The fraction of sp³-hybridized carbons (Fsp3) is 0.375. The molecule has 24 heavy (non-hydrogen) atoms. The van der Waals surface area contributed by atoms with Crippen molar-refractivity contribution in [3.63, 3.8) is 0 Å². The van der Waals surface area contributed by atoms with Crippen LogP contribution in [0.5, 0.6) is 6.01 Å². The fourth-order valence-corrected chi connectivity index (χ4v) is 2.25. The largest absolute Gasteiger partial charge is 0.465 e. The minimum absolute atomic E-state index is 0.0993. The van der Waals surface area contributed by atoms with E-state index in [-0.39, 0.29) is 18.2 Å². The average Bonchev–Trinajstić information content (AvgIpc) is 2.92. The number of aromatic nitrogens is 5. The van der Waals surface area contributed by atoms with Gasteiger partial charge in [0.05, 0.1) is 29.5 Å². The van der Waals surface area contributed by atoms with E-state index < -0.39 is 5.60 Å². The van der Waals surface area contributed by atoms with Crippen LogP contribution in [0.3, 0.4) is 0 Å². The maximum absolute atomic E-state index is 12.3. The van der Waals surface area contributed by atoms with Gasteiger partial charge in [0.15, 0.2) is 0 Å². The molecule has 0 fully saturated rings. The number of hydrogen-bond donors (Lipinski definition) is 3. The molecule has 0 aromatic carbocycles. The Hall–Kier alpha value is -2.74. The Morgan fingerprint density at radius 3 is 2.75 bits per heavy atom. The van der Waals surface area contributed by atoms with Crippen LogP contribution in [-0.4, -0.2) is 42.2 Å². The number of aliphatic hydroxyl groups is 1. The molecule has 0 aliphatic heterocycles. The number of imidazole rings is 1. The van der Waals surface area contributed by atoms with Gasteiger partial charge in [-0.25, -0.2) is 4.98 Å². The third kappa shape index (κ3) is 3.43. The predicted molar refractivity (Wildman–Crippen MR) is 88.9 cm³/mol. The van der Waals surface area contributed by atoms with E-state index in [0.29, 0.717) is 28.7 Å². The van der Waals surface area contributed by atoms with E-state index in [1.165, 1.54) is 0 Å². The van der Waals surface area contributed by atoms with E-state index in [1.807, 2.05) is 6.92 Å². The van der Waals surface area contributed by atoms with Crippen LogP contribution >= 0.6 is 0 Å². The van der Waals surface area contributed by atoms with E-state index in [4.69, 9.17) is 4.74 Å². The van der Waals surface area contributed by atoms with Crippen LogP contribution in [0.1, 0.15) is 26.1 Å². The molecule has 0 unspecified atom stereocenters. The molecule has 0 spiro atoms. The first kappa shape index (κ1) is 16.1. The highest BCUT2D eigenvalue weighted by Gasteiger charge is 2.15. The molecule has 3 rings (SSSR count). The Labute approximate surface area is 138 Å². The van der Waals surface area contributed by atoms with Crippen molar-refractivity contribution in [2.24, 2.45) is 0 Å². The summed E-state index contributed by atoms with van der Waals surface area (Å²) in [5, 5.41) is 10.1. The van der Waals surface area contributed by atoms with Crippen molar-refractivity contribution in [3.8, 4) is 17.4 Å². The van der Waals surface area contributed by atoms with Crippen molar-refractivity contribution in [2.75, 3.05) is 6.61 Å². The van der Waals surface area contributed by atoms with E-state index in [9.17, 15) is 9.90 Å². The highest BCUT2D eigenvalue weighted by atomic mass is 16.5. The van der Waals surface area contributed by atoms with Crippen LogP contribution < -0.4 is 10.3 Å². The summed E-state index contributed by atoms with van der Waals surface area (Å²) >= 11 is 0. The number of nitrogens with one attached hydrogen (secondary N) is 2. The Morgan fingerprint density at radius 1 is 1.29 bits per heavy atom. The number of H-pyrrole nitrogens is 2. The Kier molecular flexibility index (Phi) is 4.06. The minimum Gasteiger partial charge on any atom is -0.465 e. The number of nitrogens with zero attached hydrogens (tertiary/aromatic N) is 3. The number of rotatable bonds is 5. The average molecular weight is 329 g/mol. The molecule has 0 amide bonds. The second kappa shape index (κ2) is 6.04. The van der Waals surface area contributed by atoms with E-state index >= 15 is 0 Å². The number of fused-ring (bicyclic) bond motifs is 1. The second-order valence-electron chi connectivity index (χ2n) is 6.22. The molecule has 3 aromatic heterocycles. The zero-order valence-electron chi connectivity index (χ0n) is 13.8. The summed E-state index contributed by atoms with van der Waals surface area (Å²) in [4.78, 5) is 30.8. The van der Waals surface area contributed by atoms with Gasteiger partial charge in [-0.2, -0.15) is 4.98 Å². The summed E-state index contributed by atoms with van der Waals surface area (Å²) in [6.07, 6.45) is 3.61. The molecular weight excluding hydrogens is 310 g/mol. The molecule has 8 nitrogen and oxygen atoms in total. The first-order valence-corrected chi connectivity index (χ1v) is 7.60. The molecule has 0 saturated heterocycles. The fourth-order valence-electron chi connectivity index (χ4n) is 2.25. The van der Waals surface area contributed by atoms with Crippen LogP contribution in [0.4, 0.5) is 0 Å². The summed E-state index contributed by atoms with van der Waals surface area (Å²) < 4.78 is 5.49. The van der Waals surface area contributed by atoms with Gasteiger partial charge in [0.2, 0.25) is 0 Å². The number of aromatic amines is 2. The minimum atomic E-state index is -0.850. The van der Waals surface area contributed by atoms with Crippen LogP contribution in [0.2, 0.25) is 0 Å². The van der Waals surface area contributed by atoms with Crippen molar-refractivity contribution in [3.05, 3.63) is 34.6 Å². The van der Waals surface area contributed by atoms with E-state index in [0.717, 1.165) is 5.82 Å². The lowest BCUT2D eigenvalue weighted by Gasteiger charge is -2.16. The Morgan fingerprint density at radius 2 is 2.08 bits per heavy atom. The van der Waals surface area contributed by atoms with Crippen LogP contribution in [0.25, 0.3) is 22.3 Å². The van der Waals surface area contributed by atoms with Gasteiger partial charge >= 0.3 is 0 Å². The first-order chi connectivity index (χ1) is 11.3. The standard InChI is InChI=1S/C16H19N5O3/c1-9-18-8-11(19-9)13-12-10(4-6-17-13)14(22)21-15(20-12)24-7-5-16(2,3)23/h4,6,8,23H,5,7H2,1-3H3,(H,18,19)(H,20,21,22). The van der Waals surface area contributed by atoms with Crippen LogP contribution in [0, 0.1) is 6.92 Å². The number of aryl methyl sites for hydroxylation is 1. The molecule has 126 valence electrons. The molecule has 3 N–H and O–H groups in total. The maximum atomic E-state index is 12.3. The van der Waals surface area contributed by atoms with E-state index in [2.05, 4.69) is 24.9 Å². The quantitative estimate of drug-likeness (QED) is 0.654. The van der Waals surface area contributed by atoms with Crippen LogP contribution in [0.15, 0.2) is 23.3 Å². The van der Waals surface area contributed by atoms with Gasteiger partial charge in [0, 0.05) is 12.6 Å². The molecule has 0 atom stereocenters. The van der Waals surface area contributed by atoms with E-state index in [1.54, 1.807) is 32.3 Å². The molecule has 8 heteroatoms. The maximum Gasteiger partial charge on any atom is 0.297 e. The zero-order chi connectivity index (χ0) is 17.3. The van der Waals surface area contributed by atoms with Gasteiger partial charge in [0.1, 0.15) is 17.0 Å². The molecule has 0 saturated carbocycles. The highest BCUT2D eigenvalue weighted by molar-refractivity contribution is 5.89. The summed E-state index contributed by atoms with van der Waals surface area (Å²) in [7, 11) is 0. The van der Waals surface area contributed by atoms with Crippen molar-refractivity contribution in [1.82, 2.24) is 24.9 Å². The smallest absolute Gasteiger partial charge is 0.297 e. The van der Waals surface area contributed by atoms with Gasteiger partial charge in [-0.1, -0.05) is 0 Å². The van der Waals surface area contributed by atoms with Gasteiger partial charge in [-0.05, 0) is 26.8 Å². The summed E-state index contributed by atoms with van der Waals surface area (Å²) in [5.74, 6) is 0.746. The molecular formula is C16H19N5O3. The normalized spacial score (nSPS) is 11.8. The Bertz CT molecular complexity index is 923. The molecule has 0 bridgehead atoms.